The summed E-state index contributed by atoms with van der Waals surface area (Å²) in [5.74, 6) is 0.569. The second kappa shape index (κ2) is 13.1. The zero-order valence-corrected chi connectivity index (χ0v) is 23.9. The van der Waals surface area contributed by atoms with Crippen LogP contribution in [0.3, 0.4) is 0 Å². The average Bonchev–Trinajstić information content (AvgIpc) is 3.30. The van der Waals surface area contributed by atoms with Crippen LogP contribution in [0.2, 0.25) is 5.02 Å². The Morgan fingerprint density at radius 2 is 1.87 bits per heavy atom. The summed E-state index contributed by atoms with van der Waals surface area (Å²) in [6.07, 6.45) is 2.06. The van der Waals surface area contributed by atoms with Crippen molar-refractivity contribution in [2.45, 2.75) is 50.1 Å². The third-order valence-electron chi connectivity index (χ3n) is 5.85. The molecule has 6 nitrogen and oxygen atoms in total. The van der Waals surface area contributed by atoms with Gasteiger partial charge in [-0.15, -0.1) is 11.3 Å². The highest BCUT2D eigenvalue weighted by molar-refractivity contribution is 8.01. The molecular formula is C29H30ClN3O3S2. The molecule has 2 amide bonds. The molecule has 38 heavy (non-hydrogen) atoms. The number of nitrogens with zero attached hydrogens (tertiary/aromatic N) is 1. The molecule has 4 rings (SSSR count). The van der Waals surface area contributed by atoms with Gasteiger partial charge in [-0.2, -0.15) is 0 Å². The highest BCUT2D eigenvalue weighted by Gasteiger charge is 2.15. The molecule has 1 unspecified atom stereocenters. The van der Waals surface area contributed by atoms with Gasteiger partial charge in [-0.25, -0.2) is 4.98 Å². The number of carbonyl (C=O) groups excluding carboxylic acids is 2. The molecule has 0 aliphatic rings. The monoisotopic (exact) mass is 567 g/mol. The van der Waals surface area contributed by atoms with E-state index in [2.05, 4.69) is 22.5 Å². The molecule has 0 spiro atoms. The Balaban J connectivity index is 1.35. The van der Waals surface area contributed by atoms with E-state index in [9.17, 15) is 9.59 Å². The van der Waals surface area contributed by atoms with Crippen LogP contribution < -0.4 is 15.4 Å². The molecule has 0 aliphatic carbocycles. The number of nitrogens with one attached hydrogen (secondary N) is 2. The number of ether oxygens (including phenoxy) is 1. The van der Waals surface area contributed by atoms with Crippen molar-refractivity contribution in [3.05, 3.63) is 82.9 Å². The first-order valence-corrected chi connectivity index (χ1v) is 14.7. The molecule has 1 heterocycles. The number of amides is 2. The van der Waals surface area contributed by atoms with Crippen LogP contribution in [-0.2, 0) is 4.79 Å². The smallest absolute Gasteiger partial charge is 0.257 e. The molecule has 0 saturated carbocycles. The number of benzene rings is 3. The van der Waals surface area contributed by atoms with Crippen molar-refractivity contribution in [3.63, 3.8) is 0 Å². The van der Waals surface area contributed by atoms with Gasteiger partial charge in [0.1, 0.15) is 5.75 Å². The number of hydrogen-bond donors (Lipinski definition) is 2. The van der Waals surface area contributed by atoms with Crippen molar-refractivity contribution < 1.29 is 14.3 Å². The number of rotatable bonds is 11. The number of fused-ring (bicyclic) bond motifs is 1. The molecule has 2 atom stereocenters. The average molecular weight is 568 g/mol. The van der Waals surface area contributed by atoms with Gasteiger partial charge in [0.05, 0.1) is 38.7 Å². The highest BCUT2D eigenvalue weighted by atomic mass is 35.5. The van der Waals surface area contributed by atoms with Crippen molar-refractivity contribution >= 4 is 62.4 Å². The number of halogens is 1. The predicted molar refractivity (Wildman–Crippen MR) is 158 cm³/mol. The standard InChI is InChI=1S/C29H30ClN3O3S2/c1-4-8-18(2)36-22-12-13-23(24(30)16-22)28(35)32-21-11-14-25-26(15-21)38-29(33-25)37-17-27(34)31-19(3)20-9-6-5-7-10-20/h5-7,9-16,18-19H,4,8,17H2,1-3H3,(H,31,34)(H,32,35)/t18?,19-/m0/s1. The van der Waals surface area contributed by atoms with E-state index in [1.54, 1.807) is 24.3 Å². The van der Waals surface area contributed by atoms with Gasteiger partial charge in [0.2, 0.25) is 5.91 Å². The third-order valence-corrected chi connectivity index (χ3v) is 8.32. The second-order valence-electron chi connectivity index (χ2n) is 8.96. The molecule has 3 aromatic carbocycles. The molecule has 0 aliphatic heterocycles. The summed E-state index contributed by atoms with van der Waals surface area (Å²) in [6.45, 7) is 6.09. The van der Waals surface area contributed by atoms with Crippen molar-refractivity contribution in [2.24, 2.45) is 0 Å². The van der Waals surface area contributed by atoms with E-state index in [0.29, 0.717) is 22.0 Å². The van der Waals surface area contributed by atoms with Crippen LogP contribution in [-0.4, -0.2) is 28.7 Å². The van der Waals surface area contributed by atoms with Crippen LogP contribution in [0, 0.1) is 0 Å². The molecule has 0 bridgehead atoms. The number of thioether (sulfide) groups is 1. The van der Waals surface area contributed by atoms with Gasteiger partial charge in [-0.1, -0.05) is 67.0 Å². The fraction of sp³-hybridized carbons (Fsp3) is 0.276. The molecule has 0 fully saturated rings. The summed E-state index contributed by atoms with van der Waals surface area (Å²) in [6, 6.07) is 20.5. The van der Waals surface area contributed by atoms with Crippen molar-refractivity contribution in [2.75, 3.05) is 11.1 Å². The summed E-state index contributed by atoms with van der Waals surface area (Å²) in [7, 11) is 0. The van der Waals surface area contributed by atoms with Crippen molar-refractivity contribution in [3.8, 4) is 5.75 Å². The first kappa shape index (κ1) is 28.0. The zero-order chi connectivity index (χ0) is 27.1. The van der Waals surface area contributed by atoms with Crippen LogP contribution >= 0.6 is 34.7 Å². The van der Waals surface area contributed by atoms with Crippen LogP contribution in [0.1, 0.15) is 55.6 Å². The van der Waals surface area contributed by atoms with E-state index in [1.165, 1.54) is 23.1 Å². The van der Waals surface area contributed by atoms with E-state index in [1.807, 2.05) is 56.3 Å². The van der Waals surface area contributed by atoms with Gasteiger partial charge >= 0.3 is 0 Å². The fourth-order valence-electron chi connectivity index (χ4n) is 3.93. The molecule has 198 valence electrons. The van der Waals surface area contributed by atoms with E-state index in [0.717, 1.165) is 33.0 Å². The number of anilines is 1. The zero-order valence-electron chi connectivity index (χ0n) is 21.5. The Morgan fingerprint density at radius 1 is 1.08 bits per heavy atom. The molecular weight excluding hydrogens is 538 g/mol. The third kappa shape index (κ3) is 7.49. The van der Waals surface area contributed by atoms with Crippen LogP contribution in [0.15, 0.2) is 71.1 Å². The Kier molecular flexibility index (Phi) is 9.66. The van der Waals surface area contributed by atoms with E-state index in [4.69, 9.17) is 16.3 Å². The summed E-state index contributed by atoms with van der Waals surface area (Å²) in [4.78, 5) is 29.9. The Hall–Kier alpha value is -3.07. The molecule has 2 N–H and O–H groups in total. The largest absolute Gasteiger partial charge is 0.491 e. The fourth-order valence-corrected chi connectivity index (χ4v) is 6.10. The Bertz CT molecular complexity index is 1410. The number of thiazole rings is 1. The number of aromatic nitrogens is 1. The molecule has 9 heteroatoms. The minimum atomic E-state index is -0.300. The second-order valence-corrected chi connectivity index (χ2v) is 11.6. The van der Waals surface area contributed by atoms with Gasteiger partial charge < -0.3 is 15.4 Å². The molecule has 1 aromatic heterocycles. The van der Waals surface area contributed by atoms with Crippen LogP contribution in [0.4, 0.5) is 5.69 Å². The van der Waals surface area contributed by atoms with Crippen LogP contribution in [0.5, 0.6) is 5.75 Å². The predicted octanol–water partition coefficient (Wildman–Crippen LogP) is 7.74. The van der Waals surface area contributed by atoms with Gasteiger partial charge in [-0.3, -0.25) is 9.59 Å². The van der Waals surface area contributed by atoms with Crippen LogP contribution in [0.25, 0.3) is 10.2 Å². The Labute approximate surface area is 236 Å². The minimum absolute atomic E-state index is 0.0494. The first-order chi connectivity index (χ1) is 18.3. The molecule has 0 saturated heterocycles. The van der Waals surface area contributed by atoms with Crippen molar-refractivity contribution in [1.29, 1.82) is 0 Å². The maximum absolute atomic E-state index is 12.9. The quantitative estimate of drug-likeness (QED) is 0.181. The first-order valence-electron chi connectivity index (χ1n) is 12.5. The molecule has 4 aromatic rings. The number of carbonyl (C=O) groups is 2. The maximum Gasteiger partial charge on any atom is 0.257 e. The van der Waals surface area contributed by atoms with E-state index in [-0.39, 0.29) is 29.7 Å². The van der Waals surface area contributed by atoms with Gasteiger partial charge in [0.15, 0.2) is 4.34 Å². The maximum atomic E-state index is 12.9. The topological polar surface area (TPSA) is 80.3 Å². The lowest BCUT2D eigenvalue weighted by Crippen LogP contribution is -2.28. The SMILES string of the molecule is CCCC(C)Oc1ccc(C(=O)Nc2ccc3nc(SCC(=O)N[C@@H](C)c4ccccc4)sc3c2)c(Cl)c1. The summed E-state index contributed by atoms with van der Waals surface area (Å²) in [5.41, 5.74) is 2.89. The van der Waals surface area contributed by atoms with Crippen molar-refractivity contribution in [1.82, 2.24) is 10.3 Å². The van der Waals surface area contributed by atoms with E-state index < -0.39 is 0 Å². The molecule has 0 radical (unpaired) electrons. The number of hydrogen-bond acceptors (Lipinski definition) is 6. The lowest BCUT2D eigenvalue weighted by atomic mass is 10.1. The summed E-state index contributed by atoms with van der Waals surface area (Å²) < 4.78 is 7.58. The lowest BCUT2D eigenvalue weighted by Gasteiger charge is -2.15. The highest BCUT2D eigenvalue weighted by Crippen LogP contribution is 2.32. The normalized spacial score (nSPS) is 12.6. The van der Waals surface area contributed by atoms with Gasteiger partial charge in [0.25, 0.3) is 5.91 Å². The van der Waals surface area contributed by atoms with E-state index >= 15 is 0 Å². The minimum Gasteiger partial charge on any atom is -0.491 e. The lowest BCUT2D eigenvalue weighted by molar-refractivity contribution is -0.119. The van der Waals surface area contributed by atoms with Gasteiger partial charge in [-0.05, 0) is 62.2 Å². The Morgan fingerprint density at radius 3 is 2.61 bits per heavy atom. The summed E-state index contributed by atoms with van der Waals surface area (Å²) in [5, 5.41) is 6.27. The van der Waals surface area contributed by atoms with Gasteiger partial charge in [0, 0.05) is 5.69 Å². The summed E-state index contributed by atoms with van der Waals surface area (Å²) >= 11 is 9.27.